The van der Waals surface area contributed by atoms with E-state index in [0.717, 1.165) is 5.56 Å². The number of hydrogen-bond acceptors (Lipinski definition) is 3. The van der Waals surface area contributed by atoms with Gasteiger partial charge in [-0.05, 0) is 36.8 Å². The zero-order valence-corrected chi connectivity index (χ0v) is 11.4. The summed E-state index contributed by atoms with van der Waals surface area (Å²) in [6, 6.07) is 13.3. The van der Waals surface area contributed by atoms with E-state index in [4.69, 9.17) is 5.11 Å². The Morgan fingerprint density at radius 3 is 2.14 bits per heavy atom. The maximum absolute atomic E-state index is 11.8. The fourth-order valence-electron chi connectivity index (χ4n) is 1.65. The van der Waals surface area contributed by atoms with Crippen LogP contribution < -0.4 is 5.43 Å². The topological polar surface area (TPSA) is 78.8 Å². The summed E-state index contributed by atoms with van der Waals surface area (Å²) >= 11 is 0. The van der Waals surface area contributed by atoms with Gasteiger partial charge in [-0.25, -0.2) is 10.2 Å². The molecular formula is C16H14N2O3. The first-order chi connectivity index (χ1) is 10.1. The molecule has 0 fully saturated rings. The number of hydrogen-bond donors (Lipinski definition) is 2. The van der Waals surface area contributed by atoms with Crippen molar-refractivity contribution in [3.8, 4) is 0 Å². The summed E-state index contributed by atoms with van der Waals surface area (Å²) in [7, 11) is 0. The third-order valence-corrected chi connectivity index (χ3v) is 2.85. The lowest BCUT2D eigenvalue weighted by atomic mass is 10.1. The Kier molecular flexibility index (Phi) is 4.46. The van der Waals surface area contributed by atoms with Crippen molar-refractivity contribution >= 4 is 18.1 Å². The summed E-state index contributed by atoms with van der Waals surface area (Å²) in [5.41, 5.74) is 4.93. The molecule has 0 radical (unpaired) electrons. The van der Waals surface area contributed by atoms with Crippen LogP contribution in [0.2, 0.25) is 0 Å². The van der Waals surface area contributed by atoms with Gasteiger partial charge in [0.25, 0.3) is 5.91 Å². The van der Waals surface area contributed by atoms with E-state index in [1.807, 2.05) is 19.1 Å². The third-order valence-electron chi connectivity index (χ3n) is 2.85. The summed E-state index contributed by atoms with van der Waals surface area (Å²) in [6.07, 6.45) is 1.46. The quantitative estimate of drug-likeness (QED) is 0.668. The molecule has 0 atom stereocenters. The summed E-state index contributed by atoms with van der Waals surface area (Å²) in [4.78, 5) is 22.5. The molecule has 2 aromatic carbocycles. The minimum atomic E-state index is -0.980. The van der Waals surface area contributed by atoms with Gasteiger partial charge in [0.05, 0.1) is 11.8 Å². The van der Waals surface area contributed by atoms with Gasteiger partial charge in [-0.15, -0.1) is 0 Å². The lowest BCUT2D eigenvalue weighted by Crippen LogP contribution is -2.17. The second-order valence-electron chi connectivity index (χ2n) is 4.49. The maximum atomic E-state index is 11.8. The van der Waals surface area contributed by atoms with Crippen LogP contribution in [0.5, 0.6) is 0 Å². The molecule has 21 heavy (non-hydrogen) atoms. The SMILES string of the molecule is Cc1ccc(C(=O)N/N=C/c2ccc(C(=O)O)cc2)cc1. The van der Waals surface area contributed by atoms with Crippen LogP contribution in [0.25, 0.3) is 0 Å². The molecule has 106 valence electrons. The van der Waals surface area contributed by atoms with E-state index in [2.05, 4.69) is 10.5 Å². The first-order valence-corrected chi connectivity index (χ1v) is 6.30. The molecule has 0 aromatic heterocycles. The molecule has 1 amide bonds. The number of carbonyl (C=O) groups excluding carboxylic acids is 1. The van der Waals surface area contributed by atoms with Crippen molar-refractivity contribution in [2.75, 3.05) is 0 Å². The Hall–Kier alpha value is -2.95. The van der Waals surface area contributed by atoms with Crippen molar-refractivity contribution in [3.63, 3.8) is 0 Å². The predicted molar refractivity (Wildman–Crippen MR) is 79.6 cm³/mol. The van der Waals surface area contributed by atoms with Crippen LogP contribution in [-0.4, -0.2) is 23.2 Å². The van der Waals surface area contributed by atoms with Crippen LogP contribution in [-0.2, 0) is 0 Å². The minimum absolute atomic E-state index is 0.204. The van der Waals surface area contributed by atoms with Gasteiger partial charge in [0.1, 0.15) is 0 Å². The molecular weight excluding hydrogens is 268 g/mol. The molecule has 2 aromatic rings. The van der Waals surface area contributed by atoms with E-state index >= 15 is 0 Å². The highest BCUT2D eigenvalue weighted by Gasteiger charge is 2.03. The molecule has 0 aliphatic carbocycles. The summed E-state index contributed by atoms with van der Waals surface area (Å²) in [5.74, 6) is -1.28. The number of rotatable bonds is 4. The molecule has 0 heterocycles. The zero-order chi connectivity index (χ0) is 15.2. The molecule has 2 N–H and O–H groups in total. The van der Waals surface area contributed by atoms with Gasteiger partial charge in [0.2, 0.25) is 0 Å². The van der Waals surface area contributed by atoms with E-state index in [9.17, 15) is 9.59 Å². The minimum Gasteiger partial charge on any atom is -0.478 e. The normalized spacial score (nSPS) is 10.5. The summed E-state index contributed by atoms with van der Waals surface area (Å²) in [6.45, 7) is 1.95. The fourth-order valence-corrected chi connectivity index (χ4v) is 1.65. The highest BCUT2D eigenvalue weighted by molar-refractivity contribution is 5.95. The van der Waals surface area contributed by atoms with Crippen molar-refractivity contribution in [1.29, 1.82) is 0 Å². The van der Waals surface area contributed by atoms with Crippen molar-refractivity contribution in [2.24, 2.45) is 5.10 Å². The van der Waals surface area contributed by atoms with Gasteiger partial charge in [0, 0.05) is 5.56 Å². The first-order valence-electron chi connectivity index (χ1n) is 6.30. The van der Waals surface area contributed by atoms with Gasteiger partial charge in [0.15, 0.2) is 0 Å². The van der Waals surface area contributed by atoms with Crippen molar-refractivity contribution in [2.45, 2.75) is 6.92 Å². The predicted octanol–water partition coefficient (Wildman–Crippen LogP) is 2.46. The Balaban J connectivity index is 1.97. The Morgan fingerprint density at radius 1 is 1.00 bits per heavy atom. The number of nitrogens with one attached hydrogen (secondary N) is 1. The van der Waals surface area contributed by atoms with Gasteiger partial charge in [-0.3, -0.25) is 4.79 Å². The summed E-state index contributed by atoms with van der Waals surface area (Å²) < 4.78 is 0. The smallest absolute Gasteiger partial charge is 0.335 e. The number of carbonyl (C=O) groups is 2. The molecule has 0 spiro atoms. The standard InChI is InChI=1S/C16H14N2O3/c1-11-2-6-13(7-3-11)15(19)18-17-10-12-4-8-14(9-5-12)16(20)21/h2-10H,1H3,(H,18,19)(H,20,21)/b17-10+. The number of carboxylic acid groups (broad SMARTS) is 1. The largest absolute Gasteiger partial charge is 0.478 e. The van der Waals surface area contributed by atoms with E-state index in [1.165, 1.54) is 18.3 Å². The molecule has 0 aliphatic rings. The van der Waals surface area contributed by atoms with Gasteiger partial charge in [-0.1, -0.05) is 29.8 Å². The molecule has 0 unspecified atom stereocenters. The molecule has 0 aliphatic heterocycles. The van der Waals surface area contributed by atoms with Crippen molar-refractivity contribution < 1.29 is 14.7 Å². The number of aryl methyl sites for hydroxylation is 1. The van der Waals surface area contributed by atoms with E-state index in [-0.39, 0.29) is 11.5 Å². The highest BCUT2D eigenvalue weighted by Crippen LogP contribution is 2.04. The second-order valence-corrected chi connectivity index (χ2v) is 4.49. The Labute approximate surface area is 121 Å². The average Bonchev–Trinajstić information content (AvgIpc) is 2.48. The molecule has 0 bridgehead atoms. The molecule has 0 saturated heterocycles. The monoisotopic (exact) mass is 282 g/mol. The second kappa shape index (κ2) is 6.47. The van der Waals surface area contributed by atoms with Crippen LogP contribution in [0.4, 0.5) is 0 Å². The lowest BCUT2D eigenvalue weighted by Gasteiger charge is -2.00. The van der Waals surface area contributed by atoms with Crippen molar-refractivity contribution in [3.05, 3.63) is 70.8 Å². The molecule has 2 rings (SSSR count). The van der Waals surface area contributed by atoms with Crippen LogP contribution in [0, 0.1) is 6.92 Å². The number of benzene rings is 2. The number of carboxylic acids is 1. The number of amides is 1. The lowest BCUT2D eigenvalue weighted by molar-refractivity contribution is 0.0696. The zero-order valence-electron chi connectivity index (χ0n) is 11.4. The van der Waals surface area contributed by atoms with E-state index in [0.29, 0.717) is 11.1 Å². The van der Waals surface area contributed by atoms with Gasteiger partial charge < -0.3 is 5.11 Å². The maximum Gasteiger partial charge on any atom is 0.335 e. The number of hydrazone groups is 1. The van der Waals surface area contributed by atoms with Crippen molar-refractivity contribution in [1.82, 2.24) is 5.43 Å². The van der Waals surface area contributed by atoms with Crippen LogP contribution in [0.1, 0.15) is 31.8 Å². The number of nitrogens with zero attached hydrogens (tertiary/aromatic N) is 1. The Morgan fingerprint density at radius 2 is 1.57 bits per heavy atom. The Bertz CT molecular complexity index is 674. The van der Waals surface area contributed by atoms with Gasteiger partial charge in [-0.2, -0.15) is 5.10 Å². The van der Waals surface area contributed by atoms with Crippen LogP contribution in [0.15, 0.2) is 53.6 Å². The summed E-state index contributed by atoms with van der Waals surface area (Å²) in [5, 5.41) is 12.6. The average molecular weight is 282 g/mol. The third kappa shape index (κ3) is 4.01. The molecule has 5 heteroatoms. The van der Waals surface area contributed by atoms with E-state index < -0.39 is 5.97 Å². The van der Waals surface area contributed by atoms with Crippen LogP contribution >= 0.6 is 0 Å². The molecule has 5 nitrogen and oxygen atoms in total. The first kappa shape index (κ1) is 14.5. The fraction of sp³-hybridized carbons (Fsp3) is 0.0625. The highest BCUT2D eigenvalue weighted by atomic mass is 16.4. The molecule has 0 saturated carbocycles. The number of aromatic carboxylic acids is 1. The van der Waals surface area contributed by atoms with E-state index in [1.54, 1.807) is 24.3 Å². The van der Waals surface area contributed by atoms with Crippen LogP contribution in [0.3, 0.4) is 0 Å². The van der Waals surface area contributed by atoms with Gasteiger partial charge >= 0.3 is 5.97 Å².